The van der Waals surface area contributed by atoms with E-state index in [1.165, 1.54) is 28.6 Å². The van der Waals surface area contributed by atoms with Crippen LogP contribution in [0.1, 0.15) is 77.5 Å². The van der Waals surface area contributed by atoms with E-state index in [9.17, 15) is 4.79 Å². The van der Waals surface area contributed by atoms with Crippen LogP contribution in [-0.4, -0.2) is 40.6 Å². The summed E-state index contributed by atoms with van der Waals surface area (Å²) in [5.74, 6) is 0.559. The minimum Gasteiger partial charge on any atom is -0.364 e. The van der Waals surface area contributed by atoms with Gasteiger partial charge in [0.05, 0.1) is 4.91 Å². The number of aliphatic imine (C=N–C) groups is 1. The van der Waals surface area contributed by atoms with Crippen LogP contribution in [0, 0.1) is 6.92 Å². The number of aryl methyl sites for hydroxylation is 1. The number of likely N-dealkylation sites (N-methyl/N-ethyl adjacent to an activating group) is 1. The van der Waals surface area contributed by atoms with Gasteiger partial charge in [0.25, 0.3) is 5.91 Å². The number of hydrogen-bond donors (Lipinski definition) is 0. The predicted octanol–water partition coefficient (Wildman–Crippen LogP) is 5.81. The lowest BCUT2D eigenvalue weighted by atomic mass is 9.78. The molecule has 3 rings (SSSR count). The first-order valence-corrected chi connectivity index (χ1v) is 11.6. The van der Waals surface area contributed by atoms with Crippen LogP contribution in [-0.2, 0) is 4.79 Å². The molecule has 0 aliphatic carbocycles. The van der Waals surface area contributed by atoms with Crippen LogP contribution in [0.4, 0.5) is 5.69 Å². The number of thioether (sulfide) groups is 1. The lowest BCUT2D eigenvalue weighted by Crippen LogP contribution is -2.51. The van der Waals surface area contributed by atoms with E-state index in [1.807, 2.05) is 13.8 Å². The number of amides is 1. The maximum Gasteiger partial charge on any atom is 0.266 e. The van der Waals surface area contributed by atoms with E-state index in [0.29, 0.717) is 25.0 Å². The number of anilines is 1. The number of benzene rings is 1. The highest BCUT2D eigenvalue weighted by Crippen LogP contribution is 2.46. The molecule has 1 atom stereocenters. The molecule has 1 aromatic carbocycles. The zero-order chi connectivity index (χ0) is 21.5. The molecule has 0 bridgehead atoms. The molecule has 0 N–H and O–H groups in total. The topological polar surface area (TPSA) is 35.9 Å². The predicted molar refractivity (Wildman–Crippen MR) is 127 cm³/mol. The average Bonchev–Trinajstić information content (AvgIpc) is 2.90. The summed E-state index contributed by atoms with van der Waals surface area (Å²) in [6.07, 6.45) is 3.19. The number of carbonyl (C=O) groups excluding carboxylic acids is 1. The summed E-state index contributed by atoms with van der Waals surface area (Å²) in [4.78, 5) is 22.5. The number of rotatable bonds is 4. The number of fused-ring (bicyclic) bond motifs is 1. The van der Waals surface area contributed by atoms with Gasteiger partial charge in [-0.2, -0.15) is 0 Å². The standard InChI is InChI=1S/C24H35N3OS/c1-9-25-23-26(10-2)22(28)21(29-23)13-18-12-19-17(6)14-24(7,8)27(15(3)4)20(19)11-16(18)5/h11-13,15,17H,9-10,14H2,1-8H3/b21-13-,25-23?/t17-/m1/s1. The second-order valence-electron chi connectivity index (χ2n) is 9.07. The maximum absolute atomic E-state index is 12.9. The molecule has 0 saturated carbocycles. The van der Waals surface area contributed by atoms with Gasteiger partial charge < -0.3 is 4.90 Å². The van der Waals surface area contributed by atoms with Crippen molar-refractivity contribution >= 4 is 34.6 Å². The van der Waals surface area contributed by atoms with Crippen molar-refractivity contribution in [2.24, 2.45) is 4.99 Å². The van der Waals surface area contributed by atoms with Gasteiger partial charge >= 0.3 is 0 Å². The number of hydrogen-bond acceptors (Lipinski definition) is 4. The van der Waals surface area contributed by atoms with Crippen molar-refractivity contribution in [3.05, 3.63) is 33.7 Å². The van der Waals surface area contributed by atoms with Crippen LogP contribution >= 0.6 is 11.8 Å². The molecule has 2 heterocycles. The normalized spacial score (nSPS) is 24.2. The quantitative estimate of drug-likeness (QED) is 0.585. The fraction of sp³-hybridized carbons (Fsp3) is 0.583. The molecule has 1 saturated heterocycles. The van der Waals surface area contributed by atoms with Gasteiger partial charge in [-0.05, 0) is 107 Å². The van der Waals surface area contributed by atoms with Crippen LogP contribution in [0.2, 0.25) is 0 Å². The number of carbonyl (C=O) groups is 1. The van der Waals surface area contributed by atoms with Gasteiger partial charge in [-0.3, -0.25) is 14.7 Å². The van der Waals surface area contributed by atoms with Crippen LogP contribution in [0.3, 0.4) is 0 Å². The average molecular weight is 414 g/mol. The van der Waals surface area contributed by atoms with Gasteiger partial charge in [0.1, 0.15) is 0 Å². The number of nitrogens with zero attached hydrogens (tertiary/aromatic N) is 3. The molecule has 0 spiro atoms. The van der Waals surface area contributed by atoms with E-state index in [1.54, 1.807) is 4.90 Å². The molecule has 5 heteroatoms. The molecule has 29 heavy (non-hydrogen) atoms. The van der Waals surface area contributed by atoms with E-state index in [4.69, 9.17) is 0 Å². The largest absolute Gasteiger partial charge is 0.364 e. The molecular formula is C24H35N3OS. The van der Waals surface area contributed by atoms with E-state index in [0.717, 1.165) is 22.1 Å². The van der Waals surface area contributed by atoms with Crippen molar-refractivity contribution in [2.45, 2.75) is 79.3 Å². The number of amidine groups is 1. The van der Waals surface area contributed by atoms with Gasteiger partial charge in [0, 0.05) is 30.4 Å². The van der Waals surface area contributed by atoms with Gasteiger partial charge in [0.15, 0.2) is 5.17 Å². The van der Waals surface area contributed by atoms with E-state index >= 15 is 0 Å². The first-order valence-electron chi connectivity index (χ1n) is 10.8. The summed E-state index contributed by atoms with van der Waals surface area (Å²) in [6, 6.07) is 5.08. The van der Waals surface area contributed by atoms with E-state index < -0.39 is 0 Å². The van der Waals surface area contributed by atoms with Crippen molar-refractivity contribution in [1.29, 1.82) is 0 Å². The first kappa shape index (κ1) is 21.9. The van der Waals surface area contributed by atoms with Crippen molar-refractivity contribution < 1.29 is 4.79 Å². The minimum atomic E-state index is 0.0693. The molecule has 0 radical (unpaired) electrons. The van der Waals surface area contributed by atoms with Crippen LogP contribution in [0.25, 0.3) is 6.08 Å². The highest BCUT2D eigenvalue weighted by atomic mass is 32.2. The Morgan fingerprint density at radius 3 is 2.59 bits per heavy atom. The molecule has 158 valence electrons. The first-order chi connectivity index (χ1) is 13.6. The Kier molecular flexibility index (Phi) is 6.19. The third kappa shape index (κ3) is 3.98. The highest BCUT2D eigenvalue weighted by molar-refractivity contribution is 8.18. The molecule has 2 aliphatic heterocycles. The molecule has 2 aliphatic rings. The minimum absolute atomic E-state index is 0.0693. The highest BCUT2D eigenvalue weighted by Gasteiger charge is 2.38. The third-order valence-electron chi connectivity index (χ3n) is 5.96. The Morgan fingerprint density at radius 1 is 1.31 bits per heavy atom. The summed E-state index contributed by atoms with van der Waals surface area (Å²) >= 11 is 1.50. The molecule has 1 aromatic rings. The Morgan fingerprint density at radius 2 is 2.00 bits per heavy atom. The van der Waals surface area contributed by atoms with Gasteiger partial charge in [0.2, 0.25) is 0 Å². The van der Waals surface area contributed by atoms with Gasteiger partial charge in [-0.15, -0.1) is 0 Å². The van der Waals surface area contributed by atoms with Crippen molar-refractivity contribution in [3.8, 4) is 0 Å². The molecule has 1 amide bonds. The smallest absolute Gasteiger partial charge is 0.266 e. The SMILES string of the molecule is CCN=C1S/C(=C\c2cc3c(cc2C)N(C(C)C)C(C)(C)C[C@H]3C)C(=O)N1CC. The van der Waals surface area contributed by atoms with Crippen molar-refractivity contribution in [2.75, 3.05) is 18.0 Å². The molecule has 0 aromatic heterocycles. The Balaban J connectivity index is 2.06. The second-order valence-corrected chi connectivity index (χ2v) is 10.1. The van der Waals surface area contributed by atoms with Gasteiger partial charge in [-0.1, -0.05) is 6.92 Å². The molecule has 4 nitrogen and oxygen atoms in total. The van der Waals surface area contributed by atoms with Crippen LogP contribution < -0.4 is 4.90 Å². The summed E-state index contributed by atoms with van der Waals surface area (Å²) in [5, 5.41) is 0.822. The van der Waals surface area contributed by atoms with Crippen molar-refractivity contribution in [3.63, 3.8) is 0 Å². The fourth-order valence-electron chi connectivity index (χ4n) is 4.93. The van der Waals surface area contributed by atoms with Crippen LogP contribution in [0.5, 0.6) is 0 Å². The third-order valence-corrected chi connectivity index (χ3v) is 7.01. The summed E-state index contributed by atoms with van der Waals surface area (Å²) in [5.41, 5.74) is 5.22. The Labute approximate surface area is 180 Å². The Hall–Kier alpha value is -1.75. The van der Waals surface area contributed by atoms with E-state index in [-0.39, 0.29) is 11.4 Å². The zero-order valence-electron chi connectivity index (χ0n) is 19.2. The van der Waals surface area contributed by atoms with Crippen molar-refractivity contribution in [1.82, 2.24) is 4.90 Å². The maximum atomic E-state index is 12.9. The molecule has 0 unspecified atom stereocenters. The van der Waals surface area contributed by atoms with E-state index in [2.05, 4.69) is 69.6 Å². The van der Waals surface area contributed by atoms with Gasteiger partial charge in [-0.25, -0.2) is 0 Å². The fourth-order valence-corrected chi connectivity index (χ4v) is 6.02. The van der Waals surface area contributed by atoms with Crippen LogP contribution in [0.15, 0.2) is 22.0 Å². The lowest BCUT2D eigenvalue weighted by molar-refractivity contribution is -0.122. The lowest BCUT2D eigenvalue weighted by Gasteiger charge is -2.50. The second kappa shape index (κ2) is 8.17. The molecule has 1 fully saturated rings. The zero-order valence-corrected chi connectivity index (χ0v) is 20.0. The summed E-state index contributed by atoms with van der Waals surface area (Å²) < 4.78 is 0. The monoisotopic (exact) mass is 413 g/mol. The molecular weight excluding hydrogens is 378 g/mol. The summed E-state index contributed by atoms with van der Waals surface area (Å²) in [7, 11) is 0. The summed E-state index contributed by atoms with van der Waals surface area (Å²) in [6.45, 7) is 19.1. The Bertz CT molecular complexity index is 869.